The van der Waals surface area contributed by atoms with Gasteiger partial charge in [0.05, 0.1) is 13.7 Å². The molecule has 2 aliphatic rings. The van der Waals surface area contributed by atoms with Gasteiger partial charge in [-0.3, -0.25) is 14.5 Å². The molecule has 0 spiro atoms. The molecule has 35 heavy (non-hydrogen) atoms. The quantitative estimate of drug-likeness (QED) is 0.313. The Hall–Kier alpha value is -4.24. The Labute approximate surface area is 200 Å². The molecule has 1 aliphatic heterocycles. The molecular weight excluding hydrogens is 446 g/mol. The standard InChI is InChI=1S/C26H23N5O4/c1-35-17-6-7-22-20(14-17)21(15-27-22)16-8-10-29(11-9-16)12-13-30-24-23(28-31(30)34)25(32)18-4-2-3-5-19(18)26(24)33/h2-8,14-15,27H,9-13H2,1H3. The monoisotopic (exact) mass is 469 g/mol. The van der Waals surface area contributed by atoms with E-state index >= 15 is 0 Å². The number of hydrogen-bond acceptors (Lipinski definition) is 6. The number of hydrogen-bond donors (Lipinski definition) is 1. The van der Waals surface area contributed by atoms with Crippen molar-refractivity contribution in [2.75, 3.05) is 26.7 Å². The van der Waals surface area contributed by atoms with Crippen LogP contribution in [0.25, 0.3) is 16.5 Å². The molecule has 2 aromatic carbocycles. The Morgan fingerprint density at radius 3 is 2.63 bits per heavy atom. The Bertz CT molecular complexity index is 1530. The van der Waals surface area contributed by atoms with Crippen LogP contribution in [0.2, 0.25) is 0 Å². The highest BCUT2D eigenvalue weighted by Gasteiger charge is 2.39. The summed E-state index contributed by atoms with van der Waals surface area (Å²) in [6, 6.07) is 12.6. The van der Waals surface area contributed by atoms with Crippen LogP contribution in [0.4, 0.5) is 0 Å². The third-order valence-corrected chi connectivity index (χ3v) is 6.88. The van der Waals surface area contributed by atoms with Crippen molar-refractivity contribution in [3.63, 3.8) is 0 Å². The Balaban J connectivity index is 1.20. The highest BCUT2D eigenvalue weighted by atomic mass is 16.5. The minimum Gasteiger partial charge on any atom is -0.571 e. The minimum atomic E-state index is -0.389. The Morgan fingerprint density at radius 2 is 1.89 bits per heavy atom. The summed E-state index contributed by atoms with van der Waals surface area (Å²) in [7, 11) is 1.66. The normalized spacial score (nSPS) is 15.7. The molecule has 6 rings (SSSR count). The minimum absolute atomic E-state index is 0.0701. The molecule has 9 nitrogen and oxygen atoms in total. The Morgan fingerprint density at radius 1 is 1.09 bits per heavy atom. The summed E-state index contributed by atoms with van der Waals surface area (Å²) < 4.78 is 6.65. The van der Waals surface area contributed by atoms with Gasteiger partial charge in [-0.15, -0.1) is 4.68 Å². The number of nitrogens with one attached hydrogen (secondary N) is 1. The van der Waals surface area contributed by atoms with Gasteiger partial charge in [-0.1, -0.05) is 30.3 Å². The highest BCUT2D eigenvalue weighted by molar-refractivity contribution is 6.26. The number of aromatic nitrogens is 4. The van der Waals surface area contributed by atoms with Gasteiger partial charge in [0.1, 0.15) is 5.75 Å². The van der Waals surface area contributed by atoms with Crippen LogP contribution in [0.5, 0.6) is 5.75 Å². The fourth-order valence-electron chi connectivity index (χ4n) is 4.99. The smallest absolute Gasteiger partial charge is 0.220 e. The molecule has 2 aromatic heterocycles. The number of rotatable bonds is 5. The molecule has 0 saturated heterocycles. The van der Waals surface area contributed by atoms with Gasteiger partial charge in [-0.05, 0) is 30.2 Å². The van der Waals surface area contributed by atoms with Crippen molar-refractivity contribution in [2.45, 2.75) is 13.0 Å². The van der Waals surface area contributed by atoms with Crippen LogP contribution < -0.4 is 9.70 Å². The number of ether oxygens (including phenoxy) is 1. The molecule has 176 valence electrons. The van der Waals surface area contributed by atoms with E-state index in [9.17, 15) is 14.8 Å². The molecule has 0 bridgehead atoms. The number of carbonyl (C=O) groups excluding carboxylic acids is 2. The molecule has 0 radical (unpaired) electrons. The molecule has 1 aliphatic carbocycles. The van der Waals surface area contributed by atoms with Crippen molar-refractivity contribution in [1.82, 2.24) is 19.7 Å². The average Bonchev–Trinajstić information content (AvgIpc) is 3.47. The predicted molar refractivity (Wildman–Crippen MR) is 128 cm³/mol. The first-order chi connectivity index (χ1) is 17.0. The number of nitrogens with zero attached hydrogens (tertiary/aromatic N) is 4. The molecule has 1 N–H and O–H groups in total. The molecular formula is C26H23N5O4. The summed E-state index contributed by atoms with van der Waals surface area (Å²) in [4.78, 5) is 31.8. The molecule has 9 heteroatoms. The second kappa shape index (κ2) is 8.21. The number of methoxy groups -OCH3 is 1. The number of ketones is 2. The van der Waals surface area contributed by atoms with Crippen molar-refractivity contribution >= 4 is 28.0 Å². The number of H-pyrrole nitrogens is 1. The van der Waals surface area contributed by atoms with Crippen LogP contribution >= 0.6 is 0 Å². The third kappa shape index (κ3) is 3.43. The third-order valence-electron chi connectivity index (χ3n) is 6.88. The second-order valence-electron chi connectivity index (χ2n) is 8.77. The molecule has 0 atom stereocenters. The summed E-state index contributed by atoms with van der Waals surface area (Å²) >= 11 is 0. The van der Waals surface area contributed by atoms with E-state index in [1.165, 1.54) is 15.8 Å². The van der Waals surface area contributed by atoms with E-state index in [-0.39, 0.29) is 29.5 Å². The molecule has 0 fully saturated rings. The predicted octanol–water partition coefficient (Wildman–Crippen LogP) is 2.57. The van der Waals surface area contributed by atoms with E-state index in [1.807, 2.05) is 24.4 Å². The fraction of sp³-hybridized carbons (Fsp3) is 0.231. The summed E-state index contributed by atoms with van der Waals surface area (Å²) in [6.45, 7) is 2.35. The number of benzene rings is 2. The summed E-state index contributed by atoms with van der Waals surface area (Å²) in [5, 5.41) is 17.5. The maximum absolute atomic E-state index is 13.1. The molecule has 3 heterocycles. The van der Waals surface area contributed by atoms with Crippen molar-refractivity contribution < 1.29 is 19.3 Å². The van der Waals surface area contributed by atoms with Crippen LogP contribution in [-0.4, -0.2) is 58.0 Å². The lowest BCUT2D eigenvalue weighted by atomic mass is 9.90. The largest absolute Gasteiger partial charge is 0.571 e. The zero-order valence-electron chi connectivity index (χ0n) is 19.2. The summed E-state index contributed by atoms with van der Waals surface area (Å²) in [5.74, 6) is 0.0916. The summed E-state index contributed by atoms with van der Waals surface area (Å²) in [5.41, 5.74) is 4.10. The van der Waals surface area contributed by atoms with Crippen LogP contribution in [0.15, 0.2) is 54.7 Å². The van der Waals surface area contributed by atoms with Gasteiger partial charge in [-0.2, -0.15) is 0 Å². The van der Waals surface area contributed by atoms with Gasteiger partial charge in [0.25, 0.3) is 0 Å². The topological polar surface area (TPSA) is 107 Å². The van der Waals surface area contributed by atoms with E-state index in [4.69, 9.17) is 4.74 Å². The first-order valence-corrected chi connectivity index (χ1v) is 11.5. The summed E-state index contributed by atoms with van der Waals surface area (Å²) in [6.07, 6.45) is 5.09. The molecule has 0 amide bonds. The Kier molecular flexibility index (Phi) is 5.00. The van der Waals surface area contributed by atoms with Crippen molar-refractivity contribution in [1.29, 1.82) is 0 Å². The van der Waals surface area contributed by atoms with Crippen LogP contribution in [0.3, 0.4) is 0 Å². The lowest BCUT2D eigenvalue weighted by Gasteiger charge is -2.26. The van der Waals surface area contributed by atoms with Crippen LogP contribution in [0, 0.1) is 5.21 Å². The first kappa shape index (κ1) is 21.3. The van der Waals surface area contributed by atoms with Crippen molar-refractivity contribution in [2.24, 2.45) is 0 Å². The van der Waals surface area contributed by atoms with Gasteiger partial charge in [0, 0.05) is 63.5 Å². The molecule has 0 unspecified atom stereocenters. The van der Waals surface area contributed by atoms with Gasteiger partial charge >= 0.3 is 0 Å². The lowest BCUT2D eigenvalue weighted by Crippen LogP contribution is -2.44. The number of aromatic amines is 1. The average molecular weight is 470 g/mol. The number of fused-ring (bicyclic) bond motifs is 3. The highest BCUT2D eigenvalue weighted by Crippen LogP contribution is 2.31. The van der Waals surface area contributed by atoms with E-state index < -0.39 is 0 Å². The van der Waals surface area contributed by atoms with Gasteiger partial charge in [-0.25, -0.2) is 0 Å². The maximum atomic E-state index is 13.1. The van der Waals surface area contributed by atoms with Crippen LogP contribution in [-0.2, 0) is 6.54 Å². The van der Waals surface area contributed by atoms with Crippen molar-refractivity contribution in [3.05, 3.63) is 88.0 Å². The fourth-order valence-corrected chi connectivity index (χ4v) is 4.99. The van der Waals surface area contributed by atoms with Gasteiger partial charge < -0.3 is 14.9 Å². The van der Waals surface area contributed by atoms with Gasteiger partial charge in [0.2, 0.25) is 17.3 Å². The SMILES string of the molecule is COc1ccc2[nH]cc(C3=CCN(CCn4c5c(n[n+]4[O-])C(=O)c4ccccc4C5=O)CC3)c2c1. The lowest BCUT2D eigenvalue weighted by molar-refractivity contribution is -0.749. The van der Waals surface area contributed by atoms with E-state index in [0.717, 1.165) is 36.2 Å². The van der Waals surface area contributed by atoms with Crippen molar-refractivity contribution in [3.8, 4) is 5.75 Å². The van der Waals surface area contributed by atoms with Crippen LogP contribution in [0.1, 0.15) is 44.1 Å². The van der Waals surface area contributed by atoms with Gasteiger partial charge in [0.15, 0.2) is 5.69 Å². The first-order valence-electron chi connectivity index (χ1n) is 11.5. The molecule has 0 saturated carbocycles. The van der Waals surface area contributed by atoms with E-state index in [1.54, 1.807) is 31.4 Å². The van der Waals surface area contributed by atoms with E-state index in [2.05, 4.69) is 21.1 Å². The maximum Gasteiger partial charge on any atom is 0.220 e. The second-order valence-corrected chi connectivity index (χ2v) is 8.77. The number of carbonyl (C=O) groups is 2. The molecule has 4 aromatic rings. The van der Waals surface area contributed by atoms with E-state index in [0.29, 0.717) is 22.6 Å². The zero-order chi connectivity index (χ0) is 24.1. The zero-order valence-corrected chi connectivity index (χ0v) is 19.2.